The number of nitrogens with zero attached hydrogens (tertiary/aromatic N) is 3. The largest absolute Gasteiger partial charge is 0.272 e. The lowest BCUT2D eigenvalue weighted by Gasteiger charge is -2.23. The molecule has 1 aliphatic heterocycles. The second-order valence-electron chi connectivity index (χ2n) is 6.81. The fraction of sp³-hybridized carbons (Fsp3) is 0.0870. The SMILES string of the molecule is O=c1[nH]nc(N2N=C(c3ccccc3)CC2c2ccccc2)c2ccccc12. The summed E-state index contributed by atoms with van der Waals surface area (Å²) >= 11 is 0. The van der Waals surface area contributed by atoms with Crippen LogP contribution in [0.2, 0.25) is 0 Å². The maximum Gasteiger partial charge on any atom is 0.272 e. The number of H-pyrrole nitrogens is 1. The van der Waals surface area contributed by atoms with Crippen molar-refractivity contribution >= 4 is 22.3 Å². The topological polar surface area (TPSA) is 61.4 Å². The van der Waals surface area contributed by atoms with Crippen LogP contribution >= 0.6 is 0 Å². The maximum absolute atomic E-state index is 12.2. The molecule has 1 atom stereocenters. The molecule has 0 spiro atoms. The lowest BCUT2D eigenvalue weighted by molar-refractivity contribution is 0.694. The van der Waals surface area contributed by atoms with E-state index in [-0.39, 0.29) is 11.6 Å². The second kappa shape index (κ2) is 6.78. The highest BCUT2D eigenvalue weighted by Gasteiger charge is 2.31. The molecule has 5 rings (SSSR count). The van der Waals surface area contributed by atoms with Crippen LogP contribution in [0.3, 0.4) is 0 Å². The summed E-state index contributed by atoms with van der Waals surface area (Å²) in [5.41, 5.74) is 3.07. The van der Waals surface area contributed by atoms with Crippen molar-refractivity contribution in [3.63, 3.8) is 0 Å². The summed E-state index contributed by atoms with van der Waals surface area (Å²) in [6.45, 7) is 0. The van der Waals surface area contributed by atoms with Gasteiger partial charge in [-0.15, -0.1) is 0 Å². The summed E-state index contributed by atoms with van der Waals surface area (Å²) in [6.07, 6.45) is 0.767. The number of rotatable bonds is 3. The molecular weight excluding hydrogens is 348 g/mol. The summed E-state index contributed by atoms with van der Waals surface area (Å²) in [7, 11) is 0. The van der Waals surface area contributed by atoms with Gasteiger partial charge in [0.05, 0.1) is 17.1 Å². The van der Waals surface area contributed by atoms with Crippen LogP contribution in [0.4, 0.5) is 5.82 Å². The molecule has 0 fully saturated rings. The van der Waals surface area contributed by atoms with Gasteiger partial charge in [0.25, 0.3) is 5.56 Å². The van der Waals surface area contributed by atoms with Gasteiger partial charge in [-0.3, -0.25) is 4.79 Å². The number of hydrogen-bond donors (Lipinski definition) is 1. The monoisotopic (exact) mass is 366 g/mol. The van der Waals surface area contributed by atoms with Gasteiger partial charge in [-0.05, 0) is 17.2 Å². The van der Waals surface area contributed by atoms with Gasteiger partial charge in [0.2, 0.25) is 0 Å². The minimum atomic E-state index is -0.193. The molecule has 0 saturated heterocycles. The molecule has 1 unspecified atom stereocenters. The van der Waals surface area contributed by atoms with Gasteiger partial charge in [-0.2, -0.15) is 10.2 Å². The summed E-state index contributed by atoms with van der Waals surface area (Å²) in [6, 6.07) is 28.0. The van der Waals surface area contributed by atoms with E-state index in [1.165, 1.54) is 0 Å². The Morgan fingerprint density at radius 1 is 0.821 bits per heavy atom. The van der Waals surface area contributed by atoms with E-state index in [1.54, 1.807) is 0 Å². The van der Waals surface area contributed by atoms with E-state index in [9.17, 15) is 4.79 Å². The fourth-order valence-corrected chi connectivity index (χ4v) is 3.72. The van der Waals surface area contributed by atoms with E-state index in [4.69, 9.17) is 5.10 Å². The van der Waals surface area contributed by atoms with E-state index >= 15 is 0 Å². The minimum absolute atomic E-state index is 0.0122. The Balaban J connectivity index is 1.69. The Morgan fingerprint density at radius 2 is 1.46 bits per heavy atom. The van der Waals surface area contributed by atoms with Crippen molar-refractivity contribution in [1.82, 2.24) is 10.2 Å². The first kappa shape index (κ1) is 16.4. The molecule has 5 nitrogen and oxygen atoms in total. The highest BCUT2D eigenvalue weighted by atomic mass is 16.1. The third-order valence-electron chi connectivity index (χ3n) is 5.09. The number of anilines is 1. The van der Waals surface area contributed by atoms with Crippen molar-refractivity contribution in [2.24, 2.45) is 5.10 Å². The zero-order valence-corrected chi connectivity index (χ0v) is 15.1. The number of fused-ring (bicyclic) bond motifs is 1. The predicted octanol–water partition coefficient (Wildman–Crippen LogP) is 4.28. The third-order valence-corrected chi connectivity index (χ3v) is 5.09. The second-order valence-corrected chi connectivity index (χ2v) is 6.81. The smallest absolute Gasteiger partial charge is 0.267 e. The molecular formula is C23H18N4O. The number of aromatic amines is 1. The highest BCUT2D eigenvalue weighted by Crippen LogP contribution is 2.37. The van der Waals surface area contributed by atoms with E-state index in [2.05, 4.69) is 34.5 Å². The van der Waals surface area contributed by atoms with Crippen molar-refractivity contribution < 1.29 is 0 Å². The Bertz CT molecular complexity index is 1220. The number of nitrogens with one attached hydrogen (secondary N) is 1. The fourth-order valence-electron chi connectivity index (χ4n) is 3.72. The van der Waals surface area contributed by atoms with Crippen molar-refractivity contribution in [1.29, 1.82) is 0 Å². The molecule has 4 aromatic rings. The van der Waals surface area contributed by atoms with Crippen LogP contribution in [0.1, 0.15) is 23.6 Å². The molecule has 0 bridgehead atoms. The Hall–Kier alpha value is -3.73. The molecule has 1 aromatic heterocycles. The van der Waals surface area contributed by atoms with Crippen LogP contribution in [-0.2, 0) is 0 Å². The minimum Gasteiger partial charge on any atom is -0.267 e. The number of hydrazone groups is 1. The molecule has 1 aliphatic rings. The van der Waals surface area contributed by atoms with E-state index in [0.717, 1.165) is 28.6 Å². The van der Waals surface area contributed by atoms with E-state index in [1.807, 2.05) is 65.7 Å². The lowest BCUT2D eigenvalue weighted by Crippen LogP contribution is -2.22. The molecule has 1 N–H and O–H groups in total. The standard InChI is InChI=1S/C23H18N4O/c28-23-19-14-8-7-13-18(19)22(24-25-23)27-21(17-11-5-2-6-12-17)15-20(26-27)16-9-3-1-4-10-16/h1-14,21H,15H2,(H,25,28). The van der Waals surface area contributed by atoms with Crippen LogP contribution in [0, 0.1) is 0 Å². The number of benzene rings is 3. The normalized spacial score (nSPS) is 16.4. The zero-order valence-electron chi connectivity index (χ0n) is 15.1. The molecule has 0 radical (unpaired) electrons. The predicted molar refractivity (Wildman–Crippen MR) is 112 cm³/mol. The Kier molecular flexibility index (Phi) is 3.98. The van der Waals surface area contributed by atoms with Crippen LogP contribution in [0.5, 0.6) is 0 Å². The molecule has 3 aromatic carbocycles. The van der Waals surface area contributed by atoms with Crippen molar-refractivity contribution in [3.8, 4) is 0 Å². The van der Waals surface area contributed by atoms with Crippen molar-refractivity contribution in [2.45, 2.75) is 12.5 Å². The van der Waals surface area contributed by atoms with Crippen molar-refractivity contribution in [3.05, 3.63) is 106 Å². The molecule has 0 saturated carbocycles. The molecule has 2 heterocycles. The van der Waals surface area contributed by atoms with Crippen LogP contribution in [-0.4, -0.2) is 15.9 Å². The van der Waals surface area contributed by atoms with Crippen LogP contribution < -0.4 is 10.6 Å². The zero-order chi connectivity index (χ0) is 18.9. The van der Waals surface area contributed by atoms with Gasteiger partial charge in [-0.1, -0.05) is 78.9 Å². The molecule has 0 aliphatic carbocycles. The number of hydrogen-bond acceptors (Lipinski definition) is 4. The molecule has 5 heteroatoms. The first-order chi connectivity index (χ1) is 13.8. The summed E-state index contributed by atoms with van der Waals surface area (Å²) in [4.78, 5) is 12.2. The molecule has 136 valence electrons. The van der Waals surface area contributed by atoms with Gasteiger partial charge in [0.1, 0.15) is 0 Å². The Morgan fingerprint density at radius 3 is 2.21 bits per heavy atom. The third kappa shape index (κ3) is 2.77. The van der Waals surface area contributed by atoms with Crippen LogP contribution in [0.15, 0.2) is 94.8 Å². The first-order valence-electron chi connectivity index (χ1n) is 9.26. The summed E-state index contributed by atoms with van der Waals surface area (Å²) < 4.78 is 0. The van der Waals surface area contributed by atoms with Gasteiger partial charge in [0, 0.05) is 11.8 Å². The Labute approximate surface area is 162 Å². The highest BCUT2D eigenvalue weighted by molar-refractivity contribution is 6.04. The molecule has 0 amide bonds. The van der Waals surface area contributed by atoms with Gasteiger partial charge >= 0.3 is 0 Å². The average Bonchev–Trinajstić information content (AvgIpc) is 3.21. The average molecular weight is 366 g/mol. The summed E-state index contributed by atoms with van der Waals surface area (Å²) in [5.74, 6) is 0.662. The maximum atomic E-state index is 12.2. The quantitative estimate of drug-likeness (QED) is 0.589. The number of aromatic nitrogens is 2. The van der Waals surface area contributed by atoms with Gasteiger partial charge in [0.15, 0.2) is 5.82 Å². The lowest BCUT2D eigenvalue weighted by atomic mass is 9.98. The van der Waals surface area contributed by atoms with Gasteiger partial charge in [-0.25, -0.2) is 10.1 Å². The first-order valence-corrected chi connectivity index (χ1v) is 9.26. The molecule has 28 heavy (non-hydrogen) atoms. The van der Waals surface area contributed by atoms with Gasteiger partial charge < -0.3 is 0 Å². The van der Waals surface area contributed by atoms with E-state index in [0.29, 0.717) is 11.2 Å². The van der Waals surface area contributed by atoms with Crippen molar-refractivity contribution in [2.75, 3.05) is 5.01 Å². The van der Waals surface area contributed by atoms with E-state index < -0.39 is 0 Å². The summed E-state index contributed by atoms with van der Waals surface area (Å²) in [5, 5.41) is 15.3. The van der Waals surface area contributed by atoms with Crippen LogP contribution in [0.25, 0.3) is 10.8 Å².